The minimum atomic E-state index is -0.609. The van der Waals surface area contributed by atoms with E-state index in [0.717, 1.165) is 11.3 Å². The lowest BCUT2D eigenvalue weighted by Crippen LogP contribution is -2.09. The molecule has 0 fully saturated rings. The Bertz CT molecular complexity index is 664. The van der Waals surface area contributed by atoms with Crippen molar-refractivity contribution in [2.45, 2.75) is 27.3 Å². The van der Waals surface area contributed by atoms with Crippen LogP contribution in [0.1, 0.15) is 45.7 Å². The summed E-state index contributed by atoms with van der Waals surface area (Å²) in [5.41, 5.74) is 0.0288. The van der Waals surface area contributed by atoms with Crippen molar-refractivity contribution in [1.29, 1.82) is 0 Å². The number of carbonyl (C=O) groups is 2. The molecule has 0 radical (unpaired) electrons. The molecular weight excluding hydrogens is 296 g/mol. The van der Waals surface area contributed by atoms with Gasteiger partial charge in [0.05, 0.1) is 13.2 Å². The van der Waals surface area contributed by atoms with Crippen LogP contribution in [-0.2, 0) is 11.3 Å². The van der Waals surface area contributed by atoms with E-state index in [1.54, 1.807) is 13.8 Å². The maximum Gasteiger partial charge on any atom is 0.358 e. The molecule has 0 aliphatic carbocycles. The SMILES string of the molecule is CCOC(=O)c1nc(NCc2noc(C)n2)sc1C(C)=O. The Morgan fingerprint density at radius 3 is 2.71 bits per heavy atom. The van der Waals surface area contributed by atoms with Crippen LogP contribution in [0.15, 0.2) is 4.52 Å². The number of esters is 1. The zero-order valence-corrected chi connectivity index (χ0v) is 12.6. The number of anilines is 1. The minimum Gasteiger partial charge on any atom is -0.461 e. The second kappa shape index (κ2) is 6.44. The quantitative estimate of drug-likeness (QED) is 0.636. The van der Waals surface area contributed by atoms with E-state index in [2.05, 4.69) is 20.4 Å². The molecule has 0 saturated carbocycles. The number of hydrogen-bond donors (Lipinski definition) is 1. The molecule has 0 unspecified atom stereocenters. The molecule has 1 N–H and O–H groups in total. The van der Waals surface area contributed by atoms with Crippen molar-refractivity contribution in [2.75, 3.05) is 11.9 Å². The number of carbonyl (C=O) groups excluding carboxylic acids is 2. The molecule has 0 saturated heterocycles. The zero-order valence-electron chi connectivity index (χ0n) is 11.8. The number of nitrogens with one attached hydrogen (secondary N) is 1. The molecule has 0 aromatic carbocycles. The third-order valence-corrected chi connectivity index (χ3v) is 3.50. The standard InChI is InChI=1S/C12H14N4O4S/c1-4-19-11(18)9-10(6(2)17)21-12(15-9)13-5-8-14-7(3)20-16-8/h4-5H2,1-3H3,(H,13,15). The summed E-state index contributed by atoms with van der Waals surface area (Å²) in [4.78, 5) is 31.7. The first-order chi connectivity index (χ1) is 10.0. The number of aromatic nitrogens is 3. The van der Waals surface area contributed by atoms with E-state index < -0.39 is 5.97 Å². The highest BCUT2D eigenvalue weighted by Crippen LogP contribution is 2.24. The predicted molar refractivity (Wildman–Crippen MR) is 74.4 cm³/mol. The van der Waals surface area contributed by atoms with E-state index >= 15 is 0 Å². The van der Waals surface area contributed by atoms with Crippen molar-refractivity contribution in [3.63, 3.8) is 0 Å². The summed E-state index contributed by atoms with van der Waals surface area (Å²) in [7, 11) is 0. The second-order valence-corrected chi connectivity index (χ2v) is 5.06. The highest BCUT2D eigenvalue weighted by atomic mass is 32.1. The van der Waals surface area contributed by atoms with Gasteiger partial charge in [-0.15, -0.1) is 0 Å². The fraction of sp³-hybridized carbons (Fsp3) is 0.417. The third kappa shape index (κ3) is 3.63. The molecule has 8 nitrogen and oxygen atoms in total. The van der Waals surface area contributed by atoms with Crippen molar-refractivity contribution in [2.24, 2.45) is 0 Å². The molecule has 2 rings (SSSR count). The lowest BCUT2D eigenvalue weighted by Gasteiger charge is -1.99. The summed E-state index contributed by atoms with van der Waals surface area (Å²) >= 11 is 1.09. The molecule has 112 valence electrons. The summed E-state index contributed by atoms with van der Waals surface area (Å²) < 4.78 is 9.73. The van der Waals surface area contributed by atoms with E-state index in [1.807, 2.05) is 0 Å². The Morgan fingerprint density at radius 2 is 2.14 bits per heavy atom. The van der Waals surface area contributed by atoms with Crippen molar-refractivity contribution >= 4 is 28.2 Å². The highest BCUT2D eigenvalue weighted by molar-refractivity contribution is 7.17. The van der Waals surface area contributed by atoms with Crippen molar-refractivity contribution in [3.05, 3.63) is 22.3 Å². The molecule has 2 heterocycles. The lowest BCUT2D eigenvalue weighted by molar-refractivity contribution is 0.0517. The molecular formula is C12H14N4O4S. The maximum absolute atomic E-state index is 11.8. The predicted octanol–water partition coefficient (Wildman–Crippen LogP) is 1.83. The van der Waals surface area contributed by atoms with Gasteiger partial charge in [0.25, 0.3) is 0 Å². The monoisotopic (exact) mass is 310 g/mol. The molecule has 9 heteroatoms. The van der Waals surface area contributed by atoms with E-state index in [9.17, 15) is 9.59 Å². The number of ketones is 1. The molecule has 0 spiro atoms. The summed E-state index contributed by atoms with van der Waals surface area (Å²) in [6.45, 7) is 5.26. The first kappa shape index (κ1) is 15.1. The first-order valence-corrected chi connectivity index (χ1v) is 7.04. The number of ether oxygens (including phenoxy) is 1. The summed E-state index contributed by atoms with van der Waals surface area (Å²) in [5, 5.41) is 7.10. The van der Waals surface area contributed by atoms with Crippen LogP contribution >= 0.6 is 11.3 Å². The molecule has 2 aromatic heterocycles. The summed E-state index contributed by atoms with van der Waals surface area (Å²) in [6.07, 6.45) is 0. The van der Waals surface area contributed by atoms with Gasteiger partial charge in [0.2, 0.25) is 5.89 Å². The van der Waals surface area contributed by atoms with Crippen LogP contribution in [0, 0.1) is 6.92 Å². The first-order valence-electron chi connectivity index (χ1n) is 6.23. The van der Waals surface area contributed by atoms with Crippen LogP contribution in [-0.4, -0.2) is 33.5 Å². The molecule has 0 bridgehead atoms. The third-order valence-electron chi connectivity index (χ3n) is 2.38. The number of hydrogen-bond acceptors (Lipinski definition) is 9. The van der Waals surface area contributed by atoms with E-state index in [1.165, 1.54) is 6.92 Å². The zero-order chi connectivity index (χ0) is 15.4. The van der Waals surface area contributed by atoms with Crippen molar-refractivity contribution in [3.8, 4) is 0 Å². The van der Waals surface area contributed by atoms with E-state index in [0.29, 0.717) is 16.8 Å². The molecule has 0 aliphatic rings. The number of Topliss-reactive ketones (excluding diaryl/α,β-unsaturated/α-hetero) is 1. The average Bonchev–Trinajstić information content (AvgIpc) is 3.03. The number of aryl methyl sites for hydroxylation is 1. The van der Waals surface area contributed by atoms with Gasteiger partial charge < -0.3 is 14.6 Å². The summed E-state index contributed by atoms with van der Waals surface area (Å²) in [6, 6.07) is 0. The molecule has 2 aromatic rings. The van der Waals surface area contributed by atoms with Gasteiger partial charge in [-0.05, 0) is 6.92 Å². The van der Waals surface area contributed by atoms with Gasteiger partial charge in [0.15, 0.2) is 22.4 Å². The van der Waals surface area contributed by atoms with Crippen LogP contribution in [0.25, 0.3) is 0 Å². The topological polar surface area (TPSA) is 107 Å². The largest absolute Gasteiger partial charge is 0.461 e. The molecule has 0 atom stereocenters. The number of rotatable bonds is 6. The van der Waals surface area contributed by atoms with Gasteiger partial charge in [-0.25, -0.2) is 9.78 Å². The van der Waals surface area contributed by atoms with Crippen LogP contribution < -0.4 is 5.32 Å². The van der Waals surface area contributed by atoms with Crippen molar-refractivity contribution in [1.82, 2.24) is 15.1 Å². The van der Waals surface area contributed by atoms with E-state index in [-0.39, 0.29) is 29.5 Å². The van der Waals surface area contributed by atoms with Crippen molar-refractivity contribution < 1.29 is 18.8 Å². The molecule has 21 heavy (non-hydrogen) atoms. The minimum absolute atomic E-state index is 0.0288. The van der Waals surface area contributed by atoms with E-state index in [4.69, 9.17) is 9.26 Å². The fourth-order valence-electron chi connectivity index (χ4n) is 1.54. The Labute approximate surface area is 124 Å². The normalized spacial score (nSPS) is 10.4. The Kier molecular flexibility index (Phi) is 4.63. The fourth-order valence-corrected chi connectivity index (χ4v) is 2.38. The van der Waals surface area contributed by atoms with Gasteiger partial charge in [-0.2, -0.15) is 4.98 Å². The van der Waals surface area contributed by atoms with Gasteiger partial charge >= 0.3 is 5.97 Å². The number of thiazole rings is 1. The van der Waals surface area contributed by atoms with Crippen LogP contribution in [0.2, 0.25) is 0 Å². The average molecular weight is 310 g/mol. The highest BCUT2D eigenvalue weighted by Gasteiger charge is 2.22. The van der Waals surface area contributed by atoms with Crippen LogP contribution in [0.4, 0.5) is 5.13 Å². The Morgan fingerprint density at radius 1 is 1.38 bits per heavy atom. The van der Waals surface area contributed by atoms with Gasteiger partial charge in [-0.3, -0.25) is 4.79 Å². The van der Waals surface area contributed by atoms with Gasteiger partial charge in [-0.1, -0.05) is 16.5 Å². The number of nitrogens with zero attached hydrogens (tertiary/aromatic N) is 3. The second-order valence-electron chi connectivity index (χ2n) is 4.06. The Hall–Kier alpha value is -2.29. The molecule has 0 aliphatic heterocycles. The van der Waals surface area contributed by atoms with Gasteiger partial charge in [0.1, 0.15) is 4.88 Å². The van der Waals surface area contributed by atoms with Crippen LogP contribution in [0.3, 0.4) is 0 Å². The summed E-state index contributed by atoms with van der Waals surface area (Å²) in [5.74, 6) is 0.0775. The molecule has 0 amide bonds. The Balaban J connectivity index is 2.15. The van der Waals surface area contributed by atoms with Gasteiger partial charge in [0, 0.05) is 13.8 Å². The smallest absolute Gasteiger partial charge is 0.358 e. The van der Waals surface area contributed by atoms with Crippen LogP contribution in [0.5, 0.6) is 0 Å². The maximum atomic E-state index is 11.8. The lowest BCUT2D eigenvalue weighted by atomic mass is 10.3.